The molecule has 34 heavy (non-hydrogen) atoms. The molecule has 1 N–H and O–H groups in total. The second-order valence-electron chi connectivity index (χ2n) is 11.1. The summed E-state index contributed by atoms with van der Waals surface area (Å²) >= 11 is 0. The zero-order valence-corrected chi connectivity index (χ0v) is 20.2. The number of fused-ring (bicyclic) bond motifs is 1. The molecule has 4 aliphatic carbocycles. The lowest BCUT2D eigenvalue weighted by Gasteiger charge is -2.58. The maximum atomic E-state index is 13.9. The topological polar surface area (TPSA) is 103 Å². The predicted molar refractivity (Wildman–Crippen MR) is 127 cm³/mol. The normalized spacial score (nSPS) is 37.1. The van der Waals surface area contributed by atoms with E-state index in [1.807, 2.05) is 12.1 Å². The number of pyridine rings is 1. The van der Waals surface area contributed by atoms with Crippen molar-refractivity contribution in [3.05, 3.63) is 36.5 Å². The van der Waals surface area contributed by atoms with Gasteiger partial charge in [-0.2, -0.15) is 9.57 Å². The van der Waals surface area contributed by atoms with Crippen LogP contribution in [0.15, 0.2) is 41.4 Å². The van der Waals surface area contributed by atoms with Gasteiger partial charge in [-0.15, -0.1) is 0 Å². The Morgan fingerprint density at radius 2 is 1.91 bits per heavy atom. The molecule has 1 saturated heterocycles. The zero-order chi connectivity index (χ0) is 23.7. The summed E-state index contributed by atoms with van der Waals surface area (Å²) in [7, 11) is -3.93. The molecule has 1 aliphatic heterocycles. The summed E-state index contributed by atoms with van der Waals surface area (Å²) in [6.45, 7) is 2.07. The molecule has 1 amide bonds. The fourth-order valence-corrected chi connectivity index (χ4v) is 9.63. The Bertz CT molecular complexity index is 1300. The lowest BCUT2D eigenvalue weighted by molar-refractivity contribution is -0.133. The van der Waals surface area contributed by atoms with Gasteiger partial charge in [0.05, 0.1) is 17.0 Å². The minimum atomic E-state index is -3.93. The van der Waals surface area contributed by atoms with Gasteiger partial charge in [0.25, 0.3) is 0 Å². The highest BCUT2D eigenvalue weighted by molar-refractivity contribution is 7.89. The van der Waals surface area contributed by atoms with E-state index in [1.165, 1.54) is 4.31 Å². The average Bonchev–Trinajstić information content (AvgIpc) is 3.24. The first-order valence-corrected chi connectivity index (χ1v) is 13.8. The molecular formula is C26H30N4O3S. The van der Waals surface area contributed by atoms with Gasteiger partial charge in [-0.05, 0) is 81.8 Å². The molecule has 5 fully saturated rings. The van der Waals surface area contributed by atoms with Gasteiger partial charge in [0, 0.05) is 24.2 Å². The Morgan fingerprint density at radius 3 is 2.65 bits per heavy atom. The number of amides is 1. The summed E-state index contributed by atoms with van der Waals surface area (Å²) in [5, 5.41) is 13.9. The van der Waals surface area contributed by atoms with Crippen LogP contribution in [0.4, 0.5) is 0 Å². The van der Waals surface area contributed by atoms with Crippen molar-refractivity contribution < 1.29 is 13.2 Å². The molecule has 1 aromatic carbocycles. The van der Waals surface area contributed by atoms with E-state index in [0.29, 0.717) is 42.7 Å². The van der Waals surface area contributed by atoms with Gasteiger partial charge in [0.2, 0.25) is 15.9 Å². The number of carbonyl (C=O) groups is 1. The summed E-state index contributed by atoms with van der Waals surface area (Å²) in [4.78, 5) is 18.2. The highest BCUT2D eigenvalue weighted by Crippen LogP contribution is 2.59. The molecule has 7 rings (SSSR count). The number of carbonyl (C=O) groups excluding carboxylic acids is 1. The second kappa shape index (κ2) is 7.50. The Morgan fingerprint density at radius 1 is 1.18 bits per heavy atom. The summed E-state index contributed by atoms with van der Waals surface area (Å²) in [5.41, 5.74) is -0.925. The highest BCUT2D eigenvalue weighted by atomic mass is 32.2. The van der Waals surface area contributed by atoms with Gasteiger partial charge in [-0.1, -0.05) is 18.2 Å². The molecule has 3 atom stereocenters. The first-order valence-electron chi connectivity index (χ1n) is 12.3. The zero-order valence-electron chi connectivity index (χ0n) is 19.4. The molecule has 2 aromatic rings. The maximum absolute atomic E-state index is 13.9. The number of aromatic nitrogens is 1. The molecule has 4 saturated carbocycles. The molecule has 0 radical (unpaired) electrons. The van der Waals surface area contributed by atoms with Crippen LogP contribution in [0.25, 0.3) is 10.9 Å². The van der Waals surface area contributed by atoms with Crippen molar-refractivity contribution in [1.82, 2.24) is 14.6 Å². The van der Waals surface area contributed by atoms with Gasteiger partial charge in [-0.3, -0.25) is 9.78 Å². The first-order chi connectivity index (χ1) is 16.3. The highest BCUT2D eigenvalue weighted by Gasteiger charge is 2.57. The van der Waals surface area contributed by atoms with Crippen LogP contribution in [0, 0.1) is 34.5 Å². The Balaban J connectivity index is 1.29. The van der Waals surface area contributed by atoms with Crippen LogP contribution in [0.5, 0.6) is 0 Å². The van der Waals surface area contributed by atoms with Crippen LogP contribution in [0.3, 0.4) is 0 Å². The number of hydrogen-bond acceptors (Lipinski definition) is 5. The molecule has 3 unspecified atom stereocenters. The van der Waals surface area contributed by atoms with E-state index < -0.39 is 15.6 Å². The Kier molecular flexibility index (Phi) is 4.85. The van der Waals surface area contributed by atoms with E-state index in [2.05, 4.69) is 16.4 Å². The minimum Gasteiger partial charge on any atom is -0.351 e. The van der Waals surface area contributed by atoms with E-state index in [0.717, 1.165) is 37.5 Å². The molecule has 178 valence electrons. The summed E-state index contributed by atoms with van der Waals surface area (Å²) < 4.78 is 29.1. The van der Waals surface area contributed by atoms with Gasteiger partial charge < -0.3 is 5.32 Å². The van der Waals surface area contributed by atoms with Crippen molar-refractivity contribution in [2.75, 3.05) is 6.54 Å². The third-order valence-corrected chi connectivity index (χ3v) is 11.1. The standard InChI is InChI=1S/C26H30N4O3S/c1-25(24(31)29-22-19-11-17-12-20(22)15-26(13-17,14-19)16-27)8-4-10-30(25)34(32,33)21-7-2-5-18-6-3-9-28-23(18)21/h2-3,5-7,9,17,19-20,22H,4,8,10-15H2,1H3,(H,29,31). The average molecular weight is 479 g/mol. The molecule has 2 heterocycles. The van der Waals surface area contributed by atoms with Crippen molar-refractivity contribution in [1.29, 1.82) is 5.26 Å². The van der Waals surface area contributed by atoms with Crippen molar-refractivity contribution in [3.8, 4) is 6.07 Å². The largest absolute Gasteiger partial charge is 0.351 e. The fourth-order valence-electron chi connectivity index (χ4n) is 7.66. The minimum absolute atomic E-state index is 0.0340. The third kappa shape index (κ3) is 3.13. The summed E-state index contributed by atoms with van der Waals surface area (Å²) in [5.74, 6) is 1.01. The van der Waals surface area contributed by atoms with Crippen LogP contribution in [-0.2, 0) is 14.8 Å². The number of sulfonamides is 1. The fraction of sp³-hybridized carbons (Fsp3) is 0.577. The molecule has 1 aromatic heterocycles. The maximum Gasteiger partial charge on any atom is 0.246 e. The molecule has 4 bridgehead atoms. The Labute approximate surface area is 200 Å². The van der Waals surface area contributed by atoms with Crippen molar-refractivity contribution in [3.63, 3.8) is 0 Å². The molecule has 7 nitrogen and oxygen atoms in total. The van der Waals surface area contributed by atoms with E-state index in [1.54, 1.807) is 31.3 Å². The number of hydrogen-bond donors (Lipinski definition) is 1. The molecule has 5 aliphatic rings. The van der Waals surface area contributed by atoms with Crippen LogP contribution in [0.1, 0.15) is 51.9 Å². The number of nitrogens with one attached hydrogen (secondary N) is 1. The smallest absolute Gasteiger partial charge is 0.246 e. The van der Waals surface area contributed by atoms with Crippen LogP contribution in [0.2, 0.25) is 0 Å². The van der Waals surface area contributed by atoms with Crippen LogP contribution < -0.4 is 5.32 Å². The third-order valence-electron chi connectivity index (χ3n) is 9.04. The first kappa shape index (κ1) is 22.0. The summed E-state index contributed by atoms with van der Waals surface area (Å²) in [6.07, 6.45) is 7.54. The van der Waals surface area contributed by atoms with Gasteiger partial charge in [-0.25, -0.2) is 8.42 Å². The Hall–Kier alpha value is -2.50. The van der Waals surface area contributed by atoms with Gasteiger partial charge in [0.1, 0.15) is 10.4 Å². The molecule has 8 heteroatoms. The predicted octanol–water partition coefficient (Wildman–Crippen LogP) is 3.61. The number of rotatable bonds is 4. The van der Waals surface area contributed by atoms with Gasteiger partial charge >= 0.3 is 0 Å². The second-order valence-corrected chi connectivity index (χ2v) is 13.0. The summed E-state index contributed by atoms with van der Waals surface area (Å²) in [6, 6.07) is 11.4. The quantitative estimate of drug-likeness (QED) is 0.723. The monoisotopic (exact) mass is 478 g/mol. The van der Waals surface area contributed by atoms with Crippen molar-refractivity contribution in [2.24, 2.45) is 23.2 Å². The molecule has 0 spiro atoms. The van der Waals surface area contributed by atoms with E-state index in [9.17, 15) is 18.5 Å². The van der Waals surface area contributed by atoms with E-state index in [4.69, 9.17) is 0 Å². The lowest BCUT2D eigenvalue weighted by atomic mass is 9.48. The lowest BCUT2D eigenvalue weighted by Crippen LogP contribution is -2.63. The van der Waals surface area contributed by atoms with E-state index >= 15 is 0 Å². The van der Waals surface area contributed by atoms with Crippen LogP contribution in [-0.4, -0.2) is 41.7 Å². The van der Waals surface area contributed by atoms with Gasteiger partial charge in [0.15, 0.2) is 0 Å². The number of para-hydroxylation sites is 1. The molecular weight excluding hydrogens is 448 g/mol. The van der Waals surface area contributed by atoms with Crippen molar-refractivity contribution in [2.45, 2.75) is 68.3 Å². The number of nitriles is 1. The SMILES string of the molecule is CC1(C(=O)NC2C3CC4CC2CC(C#N)(C4)C3)CCCN1S(=O)(=O)c1cccc2cccnc12. The number of nitrogens with zero attached hydrogens (tertiary/aromatic N) is 3. The van der Waals surface area contributed by atoms with E-state index in [-0.39, 0.29) is 22.3 Å². The van der Waals surface area contributed by atoms with Crippen molar-refractivity contribution >= 4 is 26.8 Å². The van der Waals surface area contributed by atoms with Crippen LogP contribution >= 0.6 is 0 Å². The number of benzene rings is 1.